The van der Waals surface area contributed by atoms with E-state index in [1.54, 1.807) is 7.11 Å². The minimum atomic E-state index is -0.380. The Kier molecular flexibility index (Phi) is 4.73. The van der Waals surface area contributed by atoms with Gasteiger partial charge in [0.15, 0.2) is 0 Å². The number of hydrogen-bond acceptors (Lipinski definition) is 4. The first kappa shape index (κ1) is 17.4. The quantitative estimate of drug-likeness (QED) is 0.790. The van der Waals surface area contributed by atoms with Crippen LogP contribution in [0.5, 0.6) is 5.75 Å². The van der Waals surface area contributed by atoms with Crippen LogP contribution in [0.1, 0.15) is 40.2 Å². The van der Waals surface area contributed by atoms with Crippen LogP contribution in [0.4, 0.5) is 5.69 Å². The molecule has 1 aromatic carbocycles. The van der Waals surface area contributed by atoms with E-state index < -0.39 is 0 Å². The maximum Gasteiger partial charge on any atom is 0.328 e. The summed E-state index contributed by atoms with van der Waals surface area (Å²) in [5.74, 6) is 0.654. The van der Waals surface area contributed by atoms with E-state index in [4.69, 9.17) is 9.47 Å². The van der Waals surface area contributed by atoms with Crippen LogP contribution in [-0.2, 0) is 9.53 Å². The maximum atomic E-state index is 12.5. The highest BCUT2D eigenvalue weighted by Gasteiger charge is 2.42. The number of nitrogens with zero attached hydrogens (tertiary/aromatic N) is 1. The second kappa shape index (κ2) is 6.26. The minimum absolute atomic E-state index is 0.103. The Bertz CT molecular complexity index is 632. The highest BCUT2D eigenvalue weighted by Crippen LogP contribution is 2.46. The molecule has 0 saturated carbocycles. The molecule has 0 aliphatic carbocycles. The summed E-state index contributed by atoms with van der Waals surface area (Å²) in [6.45, 7) is 10.4. The van der Waals surface area contributed by atoms with Crippen molar-refractivity contribution in [3.63, 3.8) is 0 Å². The van der Waals surface area contributed by atoms with E-state index >= 15 is 0 Å². The molecule has 2 rings (SSSR count). The molecule has 0 N–H and O–H groups in total. The number of fused-ring (bicyclic) bond motifs is 1. The van der Waals surface area contributed by atoms with E-state index in [0.717, 1.165) is 17.0 Å². The lowest BCUT2D eigenvalue weighted by Gasteiger charge is -2.48. The van der Waals surface area contributed by atoms with Crippen molar-refractivity contribution in [1.82, 2.24) is 0 Å². The predicted octanol–water partition coefficient (Wildman–Crippen LogP) is 3.89. The first-order valence-electron chi connectivity index (χ1n) is 7.98. The summed E-state index contributed by atoms with van der Waals surface area (Å²) in [7, 11) is 3.11. The summed E-state index contributed by atoms with van der Waals surface area (Å²) in [5, 5.41) is 0. The molecule has 0 spiro atoms. The van der Waals surface area contributed by atoms with Gasteiger partial charge in [0.1, 0.15) is 11.8 Å². The van der Waals surface area contributed by atoms with E-state index in [0.29, 0.717) is 0 Å². The second-order valence-corrected chi connectivity index (χ2v) is 6.92. The van der Waals surface area contributed by atoms with Gasteiger partial charge in [-0.15, -0.1) is 0 Å². The Morgan fingerprint density at radius 2 is 1.87 bits per heavy atom. The van der Waals surface area contributed by atoms with Crippen LogP contribution in [0.25, 0.3) is 5.57 Å². The van der Waals surface area contributed by atoms with Crippen molar-refractivity contribution in [1.29, 1.82) is 0 Å². The number of para-hydroxylation sites is 1. The Balaban J connectivity index is 2.74. The Morgan fingerprint density at radius 3 is 2.39 bits per heavy atom. The average molecular weight is 317 g/mol. The van der Waals surface area contributed by atoms with Crippen LogP contribution in [0.2, 0.25) is 0 Å². The lowest BCUT2D eigenvalue weighted by molar-refractivity contribution is -0.143. The molecule has 0 radical (unpaired) electrons. The molecular weight excluding hydrogens is 290 g/mol. The summed E-state index contributed by atoms with van der Waals surface area (Å²) in [5.41, 5.74) is 2.92. The topological polar surface area (TPSA) is 38.8 Å². The van der Waals surface area contributed by atoms with Gasteiger partial charge in [-0.25, -0.2) is 4.79 Å². The van der Waals surface area contributed by atoms with E-state index in [2.05, 4.69) is 37.8 Å². The van der Waals surface area contributed by atoms with Crippen LogP contribution in [0.15, 0.2) is 24.3 Å². The number of carbonyl (C=O) groups excluding carboxylic acids is 1. The van der Waals surface area contributed by atoms with E-state index in [-0.39, 0.29) is 23.5 Å². The van der Waals surface area contributed by atoms with Crippen molar-refractivity contribution >= 4 is 17.2 Å². The summed E-state index contributed by atoms with van der Waals surface area (Å²) in [6.07, 6.45) is 2.20. The minimum Gasteiger partial charge on any atom is -0.495 e. The Morgan fingerprint density at radius 1 is 1.22 bits per heavy atom. The zero-order chi connectivity index (χ0) is 17.4. The number of rotatable bonds is 4. The van der Waals surface area contributed by atoms with Gasteiger partial charge < -0.3 is 14.4 Å². The van der Waals surface area contributed by atoms with Crippen molar-refractivity contribution in [3.8, 4) is 5.75 Å². The van der Waals surface area contributed by atoms with Crippen molar-refractivity contribution < 1.29 is 14.3 Å². The number of methoxy groups -OCH3 is 2. The number of hydrogen-bond donors (Lipinski definition) is 0. The molecular formula is C19H27NO3. The number of benzene rings is 1. The standard InChI is InChI=1S/C19H27NO3/c1-12(2)16(18(21)23-7)20-17-14(9-8-10-15(17)22-6)13(3)11-19(20,4)5/h8-12,16H,1-7H3/t16-/m0/s1. The summed E-state index contributed by atoms with van der Waals surface area (Å²) < 4.78 is 10.7. The molecule has 4 nitrogen and oxygen atoms in total. The van der Waals surface area contributed by atoms with Crippen molar-refractivity contribution in [2.24, 2.45) is 5.92 Å². The molecule has 0 fully saturated rings. The first-order chi connectivity index (χ1) is 10.7. The van der Waals surface area contributed by atoms with Crippen molar-refractivity contribution in [3.05, 3.63) is 29.8 Å². The molecule has 1 aliphatic heterocycles. The third-order valence-electron chi connectivity index (χ3n) is 4.43. The normalized spacial score (nSPS) is 17.4. The van der Waals surface area contributed by atoms with Gasteiger partial charge >= 0.3 is 5.97 Å². The Labute approximate surface area is 139 Å². The van der Waals surface area contributed by atoms with E-state index in [1.165, 1.54) is 12.7 Å². The van der Waals surface area contributed by atoms with Gasteiger partial charge in [-0.2, -0.15) is 0 Å². The largest absolute Gasteiger partial charge is 0.495 e. The molecule has 23 heavy (non-hydrogen) atoms. The van der Waals surface area contributed by atoms with Gasteiger partial charge in [0.25, 0.3) is 0 Å². The Hall–Kier alpha value is -1.97. The molecule has 1 heterocycles. The molecule has 4 heteroatoms. The van der Waals surface area contributed by atoms with Gasteiger partial charge in [0, 0.05) is 5.56 Å². The van der Waals surface area contributed by atoms with Crippen LogP contribution in [-0.4, -0.2) is 31.8 Å². The molecule has 0 amide bonds. The smallest absolute Gasteiger partial charge is 0.328 e. The molecule has 1 aliphatic rings. The van der Waals surface area contributed by atoms with Crippen LogP contribution in [0.3, 0.4) is 0 Å². The van der Waals surface area contributed by atoms with Gasteiger partial charge in [-0.05, 0) is 38.3 Å². The fourth-order valence-corrected chi connectivity index (χ4v) is 3.51. The lowest BCUT2D eigenvalue weighted by Crippen LogP contribution is -2.56. The SMILES string of the molecule is COC(=O)[C@H](C(C)C)N1c2c(OC)cccc2C(C)=CC1(C)C. The number of ether oxygens (including phenoxy) is 2. The molecule has 0 saturated heterocycles. The molecule has 1 aromatic rings. The second-order valence-electron chi connectivity index (χ2n) is 6.92. The first-order valence-corrected chi connectivity index (χ1v) is 7.98. The zero-order valence-corrected chi connectivity index (χ0v) is 15.1. The lowest BCUT2D eigenvalue weighted by atomic mass is 9.85. The summed E-state index contributed by atoms with van der Waals surface area (Å²) >= 11 is 0. The van der Waals surface area contributed by atoms with Crippen LogP contribution < -0.4 is 9.64 Å². The van der Waals surface area contributed by atoms with Gasteiger partial charge in [0.05, 0.1) is 25.4 Å². The predicted molar refractivity (Wildman–Crippen MR) is 93.8 cm³/mol. The van der Waals surface area contributed by atoms with Gasteiger partial charge in [-0.3, -0.25) is 0 Å². The van der Waals surface area contributed by atoms with Gasteiger partial charge in [0.2, 0.25) is 0 Å². The summed E-state index contributed by atoms with van der Waals surface area (Å²) in [6, 6.07) is 5.61. The highest BCUT2D eigenvalue weighted by atomic mass is 16.5. The average Bonchev–Trinajstić information content (AvgIpc) is 2.49. The molecule has 0 aromatic heterocycles. The number of allylic oxidation sites excluding steroid dienone is 1. The molecule has 0 bridgehead atoms. The van der Waals surface area contributed by atoms with Gasteiger partial charge in [-0.1, -0.05) is 32.1 Å². The summed E-state index contributed by atoms with van der Waals surface area (Å²) in [4.78, 5) is 14.6. The van der Waals surface area contributed by atoms with Crippen molar-refractivity contribution in [2.75, 3.05) is 19.1 Å². The maximum absolute atomic E-state index is 12.5. The molecule has 1 atom stereocenters. The zero-order valence-electron chi connectivity index (χ0n) is 15.1. The highest BCUT2D eigenvalue weighted by molar-refractivity contribution is 5.90. The van der Waals surface area contributed by atoms with Crippen LogP contribution >= 0.6 is 0 Å². The van der Waals surface area contributed by atoms with Crippen molar-refractivity contribution in [2.45, 2.75) is 46.2 Å². The number of anilines is 1. The molecule has 126 valence electrons. The third kappa shape index (κ3) is 2.94. The fraction of sp³-hybridized carbons (Fsp3) is 0.526. The number of esters is 1. The molecule has 0 unspecified atom stereocenters. The van der Waals surface area contributed by atoms with E-state index in [9.17, 15) is 4.79 Å². The monoisotopic (exact) mass is 317 g/mol. The van der Waals surface area contributed by atoms with E-state index in [1.807, 2.05) is 26.0 Å². The third-order valence-corrected chi connectivity index (χ3v) is 4.43. The fourth-order valence-electron chi connectivity index (χ4n) is 3.51. The van der Waals surface area contributed by atoms with Crippen LogP contribution in [0, 0.1) is 5.92 Å². The number of carbonyl (C=O) groups is 1.